The third-order valence-corrected chi connectivity index (χ3v) is 6.28. The molecule has 22 heavy (non-hydrogen) atoms. The van der Waals surface area contributed by atoms with Crippen LogP contribution in [0.5, 0.6) is 0 Å². The Bertz CT molecular complexity index is 253. The lowest BCUT2D eigenvalue weighted by Gasteiger charge is -2.34. The van der Waals surface area contributed by atoms with Gasteiger partial charge in [0.15, 0.2) is 0 Å². The monoisotopic (exact) mass is 303 g/mol. The Morgan fingerprint density at radius 2 is 0.909 bits per heavy atom. The lowest BCUT2D eigenvalue weighted by Crippen LogP contribution is -2.22. The quantitative estimate of drug-likeness (QED) is 0.458. The summed E-state index contributed by atoms with van der Waals surface area (Å²) in [5.41, 5.74) is 0. The van der Waals surface area contributed by atoms with Gasteiger partial charge in [0.25, 0.3) is 0 Å². The molecule has 1 radical (unpaired) electrons. The van der Waals surface area contributed by atoms with Gasteiger partial charge >= 0.3 is 0 Å². The molecule has 2 rings (SSSR count). The summed E-state index contributed by atoms with van der Waals surface area (Å²) in [5.74, 6) is 0.922. The highest BCUT2D eigenvalue weighted by atomic mass is 14.2. The van der Waals surface area contributed by atoms with Crippen LogP contribution in [-0.4, -0.2) is 7.28 Å². The Balaban J connectivity index is 1.84. The molecule has 0 N–H and O–H groups in total. The van der Waals surface area contributed by atoms with Crippen molar-refractivity contribution in [3.05, 3.63) is 0 Å². The molecule has 0 amide bonds. The number of rotatable bonds is 2. The minimum atomic E-state index is 0.548. The van der Waals surface area contributed by atoms with Gasteiger partial charge in [-0.25, -0.2) is 0 Å². The van der Waals surface area contributed by atoms with Gasteiger partial charge in [-0.1, -0.05) is 134 Å². The molecule has 1 heteroatoms. The first-order valence-electron chi connectivity index (χ1n) is 10.6. The van der Waals surface area contributed by atoms with Gasteiger partial charge in [-0.3, -0.25) is 0 Å². The second-order valence-corrected chi connectivity index (χ2v) is 8.61. The van der Waals surface area contributed by atoms with E-state index in [1.807, 2.05) is 0 Å². The molecule has 2 fully saturated rings. The molecule has 2 aliphatic carbocycles. The van der Waals surface area contributed by atoms with E-state index >= 15 is 0 Å². The maximum atomic E-state index is 2.86. The Hall–Kier alpha value is 0.0649. The first-order valence-corrected chi connectivity index (χ1v) is 10.6. The van der Waals surface area contributed by atoms with E-state index in [0.29, 0.717) is 5.31 Å². The van der Waals surface area contributed by atoms with Crippen LogP contribution in [0.2, 0.25) is 11.1 Å². The van der Waals surface area contributed by atoms with Gasteiger partial charge in [-0.15, -0.1) is 0 Å². The molecule has 0 aromatic heterocycles. The van der Waals surface area contributed by atoms with E-state index in [0.717, 1.165) is 5.82 Å². The highest BCUT2D eigenvalue weighted by Gasteiger charge is 2.28. The van der Waals surface area contributed by atoms with Crippen molar-refractivity contribution in [1.29, 1.82) is 0 Å². The molecule has 0 nitrogen and oxygen atoms in total. The Kier molecular flexibility index (Phi) is 9.01. The summed E-state index contributed by atoms with van der Waals surface area (Å²) in [6, 6.07) is 0. The maximum absolute atomic E-state index is 2.86. The van der Waals surface area contributed by atoms with Crippen molar-refractivity contribution in [3.63, 3.8) is 0 Å². The predicted octanol–water partition coefficient (Wildman–Crippen LogP) is 7.71. The van der Waals surface area contributed by atoms with Crippen LogP contribution < -0.4 is 0 Å². The second-order valence-electron chi connectivity index (χ2n) is 8.61. The highest BCUT2D eigenvalue weighted by molar-refractivity contribution is 6.41. The molecular weight excluding hydrogens is 263 g/mol. The van der Waals surface area contributed by atoms with Gasteiger partial charge in [-0.05, 0) is 0 Å². The molecule has 2 aliphatic rings. The van der Waals surface area contributed by atoms with Gasteiger partial charge in [-0.2, -0.15) is 0 Å². The molecule has 0 aliphatic heterocycles. The van der Waals surface area contributed by atoms with Crippen LogP contribution in [0.25, 0.3) is 0 Å². The fourth-order valence-corrected chi connectivity index (χ4v) is 4.81. The maximum Gasteiger partial charge on any atom is 0.121 e. The van der Waals surface area contributed by atoms with Crippen molar-refractivity contribution in [2.24, 2.45) is 0 Å². The molecule has 2 saturated carbocycles. The Labute approximate surface area is 141 Å². The van der Waals surface area contributed by atoms with Crippen LogP contribution in [0, 0.1) is 0 Å². The zero-order chi connectivity index (χ0) is 15.5. The van der Waals surface area contributed by atoms with Crippen molar-refractivity contribution >= 4 is 7.28 Å². The van der Waals surface area contributed by atoms with E-state index in [-0.39, 0.29) is 0 Å². The summed E-state index contributed by atoms with van der Waals surface area (Å²) in [7, 11) is 2.86. The fraction of sp³-hybridized carbons (Fsp3) is 1.00. The molecule has 0 unspecified atom stereocenters. The van der Waals surface area contributed by atoms with E-state index in [2.05, 4.69) is 14.2 Å². The van der Waals surface area contributed by atoms with Gasteiger partial charge in [0.1, 0.15) is 7.28 Å². The summed E-state index contributed by atoms with van der Waals surface area (Å²) in [5, 5.41) is 0.548. The molecule has 0 spiro atoms. The predicted molar refractivity (Wildman–Crippen MR) is 101 cm³/mol. The Morgan fingerprint density at radius 3 is 1.36 bits per heavy atom. The fourth-order valence-electron chi connectivity index (χ4n) is 4.81. The minimum Gasteiger partial charge on any atom is -0.0682 e. The van der Waals surface area contributed by atoms with E-state index in [1.54, 1.807) is 0 Å². The van der Waals surface area contributed by atoms with Crippen molar-refractivity contribution in [2.75, 3.05) is 0 Å². The van der Waals surface area contributed by atoms with E-state index in [9.17, 15) is 0 Å². The standard InChI is InChI=1S/C21H40B/c1-21(18-14-10-6-3-7-11-15-19-21)22-20-16-12-8-4-2-5-9-13-17-20/h20H,2-19H2,1H3. The SMILES string of the molecule is CC1([B]C2CCCCCCCCC2)CCCCCCCCC1. The molecule has 127 valence electrons. The number of hydrogen-bond acceptors (Lipinski definition) is 0. The van der Waals surface area contributed by atoms with Crippen LogP contribution in [0.3, 0.4) is 0 Å². The lowest BCUT2D eigenvalue weighted by molar-refractivity contribution is 0.416. The average molecular weight is 303 g/mol. The third-order valence-electron chi connectivity index (χ3n) is 6.28. The van der Waals surface area contributed by atoms with Crippen molar-refractivity contribution in [3.8, 4) is 0 Å². The van der Waals surface area contributed by atoms with Crippen LogP contribution in [0.4, 0.5) is 0 Å². The van der Waals surface area contributed by atoms with Gasteiger partial charge in [0.05, 0.1) is 0 Å². The molecule has 0 bridgehead atoms. The molecular formula is C21H40B. The van der Waals surface area contributed by atoms with E-state index in [1.165, 1.54) is 116 Å². The first kappa shape index (κ1) is 18.4. The zero-order valence-electron chi connectivity index (χ0n) is 15.4. The van der Waals surface area contributed by atoms with Crippen LogP contribution >= 0.6 is 0 Å². The number of hydrogen-bond donors (Lipinski definition) is 0. The van der Waals surface area contributed by atoms with Crippen molar-refractivity contribution < 1.29 is 0 Å². The normalized spacial score (nSPS) is 27.0. The second kappa shape index (κ2) is 10.8. The summed E-state index contributed by atoms with van der Waals surface area (Å²) in [6.07, 6.45) is 26.7. The van der Waals surface area contributed by atoms with Crippen molar-refractivity contribution in [1.82, 2.24) is 0 Å². The van der Waals surface area contributed by atoms with E-state index < -0.39 is 0 Å². The summed E-state index contributed by atoms with van der Waals surface area (Å²) in [6.45, 7) is 2.59. The van der Waals surface area contributed by atoms with Gasteiger partial charge in [0, 0.05) is 0 Å². The van der Waals surface area contributed by atoms with Crippen molar-refractivity contribution in [2.45, 2.75) is 134 Å². The largest absolute Gasteiger partial charge is 0.121 e. The third kappa shape index (κ3) is 7.56. The molecule has 0 saturated heterocycles. The van der Waals surface area contributed by atoms with Gasteiger partial charge < -0.3 is 0 Å². The van der Waals surface area contributed by atoms with Crippen LogP contribution in [0.15, 0.2) is 0 Å². The molecule has 0 aromatic rings. The summed E-state index contributed by atoms with van der Waals surface area (Å²) >= 11 is 0. The summed E-state index contributed by atoms with van der Waals surface area (Å²) in [4.78, 5) is 0. The highest BCUT2D eigenvalue weighted by Crippen LogP contribution is 2.43. The zero-order valence-corrected chi connectivity index (χ0v) is 15.4. The Morgan fingerprint density at radius 1 is 0.545 bits per heavy atom. The topological polar surface area (TPSA) is 0 Å². The summed E-state index contributed by atoms with van der Waals surface area (Å²) < 4.78 is 0. The minimum absolute atomic E-state index is 0.548. The average Bonchev–Trinajstić information content (AvgIpc) is 2.52. The molecule has 0 atom stereocenters. The van der Waals surface area contributed by atoms with Crippen LogP contribution in [-0.2, 0) is 0 Å². The van der Waals surface area contributed by atoms with E-state index in [4.69, 9.17) is 0 Å². The molecule has 0 aromatic carbocycles. The molecule has 0 heterocycles. The smallest absolute Gasteiger partial charge is 0.0682 e. The van der Waals surface area contributed by atoms with Gasteiger partial charge in [0.2, 0.25) is 0 Å². The van der Waals surface area contributed by atoms with Crippen LogP contribution in [0.1, 0.15) is 122 Å². The lowest BCUT2D eigenvalue weighted by atomic mass is 9.42. The first-order chi connectivity index (χ1) is 10.8.